The number of esters is 1. The number of carbonyl (C=O) groups excluding carboxylic acids is 1. The Hall–Kier alpha value is -2.82. The van der Waals surface area contributed by atoms with Crippen molar-refractivity contribution in [2.75, 3.05) is 6.61 Å². The molecule has 0 aliphatic rings. The van der Waals surface area contributed by atoms with Crippen LogP contribution < -0.4 is 5.43 Å². The molecule has 0 spiro atoms. The number of fused-ring (bicyclic) bond motifs is 3. The Morgan fingerprint density at radius 3 is 2.71 bits per heavy atom. The van der Waals surface area contributed by atoms with Crippen molar-refractivity contribution in [2.45, 2.75) is 6.92 Å². The number of hydrogen-bond acceptors (Lipinski definition) is 5. The molecule has 3 aromatic rings. The fraction of sp³-hybridized carbons (Fsp3) is 0.125. The van der Waals surface area contributed by atoms with Crippen LogP contribution in [0, 0.1) is 0 Å². The molecule has 0 atom stereocenters. The molecule has 5 heteroatoms. The van der Waals surface area contributed by atoms with Gasteiger partial charge in [-0.3, -0.25) is 4.79 Å². The highest BCUT2D eigenvalue weighted by molar-refractivity contribution is 6.08. The van der Waals surface area contributed by atoms with Crippen molar-refractivity contribution >= 4 is 27.7 Å². The first kappa shape index (κ1) is 13.2. The summed E-state index contributed by atoms with van der Waals surface area (Å²) in [6.45, 7) is 1.86. The highest BCUT2D eigenvalue weighted by Gasteiger charge is 2.17. The van der Waals surface area contributed by atoms with Gasteiger partial charge >= 0.3 is 5.97 Å². The second kappa shape index (κ2) is 4.94. The van der Waals surface area contributed by atoms with E-state index < -0.39 is 11.9 Å². The molecule has 2 aromatic carbocycles. The summed E-state index contributed by atoms with van der Waals surface area (Å²) in [5, 5.41) is 11.9. The molecular formula is C16H12O5. The van der Waals surface area contributed by atoms with Crippen molar-refractivity contribution in [3.8, 4) is 5.95 Å². The lowest BCUT2D eigenvalue weighted by Gasteiger charge is -2.07. The van der Waals surface area contributed by atoms with Gasteiger partial charge in [0.25, 0.3) is 5.95 Å². The lowest BCUT2D eigenvalue weighted by atomic mass is 10.0. The molecule has 21 heavy (non-hydrogen) atoms. The van der Waals surface area contributed by atoms with E-state index in [9.17, 15) is 14.7 Å². The second-order valence-corrected chi connectivity index (χ2v) is 4.55. The second-order valence-electron chi connectivity index (χ2n) is 4.55. The molecule has 0 aliphatic carbocycles. The fourth-order valence-corrected chi connectivity index (χ4v) is 2.26. The smallest absolute Gasteiger partial charge is 0.345 e. The van der Waals surface area contributed by atoms with Crippen LogP contribution in [0.25, 0.3) is 21.7 Å². The van der Waals surface area contributed by atoms with Crippen molar-refractivity contribution in [2.24, 2.45) is 0 Å². The van der Waals surface area contributed by atoms with Gasteiger partial charge in [-0.25, -0.2) is 4.79 Å². The standard InChI is InChI=1S/C16H12O5/c1-2-20-15(18)13-8-12-11-7-10(17)5-3-9(11)4-6-14(12)21-16(13)19/h3-8,19H,2H2,1H3. The van der Waals surface area contributed by atoms with Crippen molar-refractivity contribution < 1.29 is 19.1 Å². The Morgan fingerprint density at radius 2 is 1.95 bits per heavy atom. The van der Waals surface area contributed by atoms with Gasteiger partial charge < -0.3 is 14.3 Å². The zero-order valence-electron chi connectivity index (χ0n) is 11.3. The Balaban J connectivity index is 2.36. The summed E-state index contributed by atoms with van der Waals surface area (Å²) in [4.78, 5) is 23.4. The molecule has 0 aliphatic heterocycles. The molecule has 3 rings (SSSR count). The van der Waals surface area contributed by atoms with E-state index in [0.717, 1.165) is 5.39 Å². The summed E-state index contributed by atoms with van der Waals surface area (Å²) in [5.41, 5.74) is 0.188. The molecule has 106 valence electrons. The van der Waals surface area contributed by atoms with Gasteiger partial charge in [-0.15, -0.1) is 0 Å². The van der Waals surface area contributed by atoms with E-state index in [1.54, 1.807) is 25.1 Å². The lowest BCUT2D eigenvalue weighted by molar-refractivity contribution is 0.0518. The summed E-state index contributed by atoms with van der Waals surface area (Å²) in [7, 11) is 0. The minimum absolute atomic E-state index is 0.0619. The zero-order valence-corrected chi connectivity index (χ0v) is 11.3. The maximum absolute atomic E-state index is 11.8. The average Bonchev–Trinajstić information content (AvgIpc) is 2.46. The average molecular weight is 284 g/mol. The maximum Gasteiger partial charge on any atom is 0.345 e. The van der Waals surface area contributed by atoms with Crippen LogP contribution in [0.1, 0.15) is 17.3 Å². The Morgan fingerprint density at radius 1 is 1.19 bits per heavy atom. The number of rotatable bonds is 2. The van der Waals surface area contributed by atoms with E-state index in [4.69, 9.17) is 9.15 Å². The van der Waals surface area contributed by atoms with Crippen LogP contribution >= 0.6 is 0 Å². The van der Waals surface area contributed by atoms with Crippen molar-refractivity contribution in [1.29, 1.82) is 0 Å². The van der Waals surface area contributed by atoms with E-state index >= 15 is 0 Å². The van der Waals surface area contributed by atoms with E-state index in [1.807, 2.05) is 0 Å². The first-order valence-electron chi connectivity index (χ1n) is 6.47. The van der Waals surface area contributed by atoms with Crippen molar-refractivity contribution in [3.63, 3.8) is 0 Å². The van der Waals surface area contributed by atoms with Gasteiger partial charge in [-0.05, 0) is 42.0 Å². The monoisotopic (exact) mass is 284 g/mol. The number of hydrogen-bond donors (Lipinski definition) is 1. The molecule has 0 fully saturated rings. The highest BCUT2D eigenvalue weighted by atomic mass is 16.5. The number of carbonyl (C=O) groups is 1. The lowest BCUT2D eigenvalue weighted by Crippen LogP contribution is -2.05. The van der Waals surface area contributed by atoms with Gasteiger partial charge in [0, 0.05) is 5.39 Å². The normalized spacial score (nSPS) is 10.9. The number of ether oxygens (including phenoxy) is 1. The molecule has 0 saturated heterocycles. The topological polar surface area (TPSA) is 76.7 Å². The van der Waals surface area contributed by atoms with Gasteiger partial charge in [0.05, 0.1) is 6.61 Å². The minimum Gasteiger partial charge on any atom is -0.480 e. The molecule has 0 amide bonds. The van der Waals surface area contributed by atoms with Crippen molar-refractivity contribution in [3.05, 3.63) is 52.2 Å². The molecule has 1 heterocycles. The quantitative estimate of drug-likeness (QED) is 0.578. The predicted octanol–water partition coefficient (Wildman–Crippen LogP) is 2.83. The van der Waals surface area contributed by atoms with Crippen molar-refractivity contribution in [1.82, 2.24) is 0 Å². The molecule has 0 bridgehead atoms. The molecular weight excluding hydrogens is 272 g/mol. The Labute approximate surface area is 119 Å². The zero-order chi connectivity index (χ0) is 15.0. The molecule has 1 aromatic heterocycles. The van der Waals surface area contributed by atoms with E-state index in [0.29, 0.717) is 16.4 Å². The van der Waals surface area contributed by atoms with Crippen LogP contribution in [0.3, 0.4) is 0 Å². The molecule has 0 unspecified atom stereocenters. The predicted molar refractivity (Wildman–Crippen MR) is 77.6 cm³/mol. The van der Waals surface area contributed by atoms with Gasteiger partial charge in [-0.1, -0.05) is 12.1 Å². The summed E-state index contributed by atoms with van der Waals surface area (Å²) in [6.07, 6.45) is 0. The molecule has 5 nitrogen and oxygen atoms in total. The third-order valence-electron chi connectivity index (χ3n) is 3.22. The van der Waals surface area contributed by atoms with E-state index in [1.165, 1.54) is 18.2 Å². The van der Waals surface area contributed by atoms with Crippen LogP contribution in [0.5, 0.6) is 5.95 Å². The minimum atomic E-state index is -0.670. The third-order valence-corrected chi connectivity index (χ3v) is 3.22. The van der Waals surface area contributed by atoms with Crippen LogP contribution in [0.2, 0.25) is 0 Å². The molecule has 1 N–H and O–H groups in total. The molecule has 0 saturated carbocycles. The van der Waals surface area contributed by atoms with Crippen LogP contribution in [-0.2, 0) is 4.74 Å². The van der Waals surface area contributed by atoms with E-state index in [2.05, 4.69) is 0 Å². The summed E-state index contributed by atoms with van der Waals surface area (Å²) < 4.78 is 10.1. The first-order chi connectivity index (χ1) is 10.1. The van der Waals surface area contributed by atoms with Crippen LogP contribution in [0.4, 0.5) is 0 Å². The van der Waals surface area contributed by atoms with Gasteiger partial charge in [0.2, 0.25) is 0 Å². The largest absolute Gasteiger partial charge is 0.480 e. The highest BCUT2D eigenvalue weighted by Crippen LogP contribution is 2.30. The first-order valence-corrected chi connectivity index (χ1v) is 6.47. The number of benzene rings is 2. The third kappa shape index (κ3) is 2.23. The van der Waals surface area contributed by atoms with Crippen LogP contribution in [-0.4, -0.2) is 17.7 Å². The Kier molecular flexibility index (Phi) is 3.10. The molecule has 0 radical (unpaired) electrons. The number of aromatic hydroxyl groups is 1. The Bertz CT molecular complexity index is 908. The SMILES string of the molecule is CCOC(=O)c1cc2c(ccc3ccc(=O)cc32)oc1O. The summed E-state index contributed by atoms with van der Waals surface area (Å²) in [5.74, 6) is -1.17. The fourth-order valence-electron chi connectivity index (χ4n) is 2.26. The maximum atomic E-state index is 11.8. The van der Waals surface area contributed by atoms with E-state index in [-0.39, 0.29) is 17.6 Å². The van der Waals surface area contributed by atoms with Gasteiger partial charge in [0.1, 0.15) is 11.1 Å². The van der Waals surface area contributed by atoms with Gasteiger partial charge in [-0.2, -0.15) is 0 Å². The van der Waals surface area contributed by atoms with Crippen LogP contribution in [0.15, 0.2) is 45.6 Å². The summed E-state index contributed by atoms with van der Waals surface area (Å²) in [6, 6.07) is 9.58. The summed E-state index contributed by atoms with van der Waals surface area (Å²) >= 11 is 0. The van der Waals surface area contributed by atoms with Gasteiger partial charge in [0.15, 0.2) is 5.43 Å².